The van der Waals surface area contributed by atoms with Crippen LogP contribution in [-0.2, 0) is 0 Å². The minimum Gasteiger partial charge on any atom is -0.336 e. The molecule has 0 bridgehead atoms. The van der Waals surface area contributed by atoms with Crippen LogP contribution in [0.4, 0.5) is 15.6 Å². The third kappa shape index (κ3) is 2.65. The van der Waals surface area contributed by atoms with Gasteiger partial charge in [0.25, 0.3) is 5.91 Å². The number of nitrogens with one attached hydrogen (secondary N) is 1. The second-order valence-electron chi connectivity index (χ2n) is 4.73. The van der Waals surface area contributed by atoms with E-state index in [0.29, 0.717) is 34.5 Å². The molecule has 0 aliphatic carbocycles. The zero-order valence-corrected chi connectivity index (χ0v) is 13.3. The maximum atomic E-state index is 12.5. The number of halogens is 1. The number of carbonyl (C=O) groups excluding carboxylic acids is 2. The monoisotopic (exact) mass is 336 g/mol. The molecule has 0 atom stereocenters. The smallest absolute Gasteiger partial charge is 0.322 e. The van der Waals surface area contributed by atoms with Crippen molar-refractivity contribution in [2.45, 2.75) is 0 Å². The van der Waals surface area contributed by atoms with E-state index in [2.05, 4.69) is 10.3 Å². The van der Waals surface area contributed by atoms with Gasteiger partial charge in [-0.25, -0.2) is 9.78 Å². The third-order valence-electron chi connectivity index (χ3n) is 3.35. The molecule has 2 aromatic rings. The molecule has 6 nitrogen and oxygen atoms in total. The summed E-state index contributed by atoms with van der Waals surface area (Å²) in [5.41, 5.74) is 0.992. The first-order valence-electron chi connectivity index (χ1n) is 6.60. The van der Waals surface area contributed by atoms with Gasteiger partial charge in [-0.15, -0.1) is 11.3 Å². The predicted octanol–water partition coefficient (Wildman–Crippen LogP) is 2.60. The van der Waals surface area contributed by atoms with E-state index in [1.807, 2.05) is 0 Å². The highest BCUT2D eigenvalue weighted by Gasteiger charge is 2.25. The van der Waals surface area contributed by atoms with Crippen LogP contribution in [0.2, 0.25) is 5.02 Å². The van der Waals surface area contributed by atoms with Gasteiger partial charge in [-0.2, -0.15) is 0 Å². The number of amides is 3. The molecule has 3 amide bonds. The van der Waals surface area contributed by atoms with Crippen molar-refractivity contribution in [1.29, 1.82) is 0 Å². The van der Waals surface area contributed by atoms with Crippen molar-refractivity contribution in [1.82, 2.24) is 10.3 Å². The van der Waals surface area contributed by atoms with E-state index in [1.54, 1.807) is 36.8 Å². The largest absolute Gasteiger partial charge is 0.336 e. The molecule has 1 aliphatic rings. The van der Waals surface area contributed by atoms with Crippen LogP contribution in [0, 0.1) is 0 Å². The first-order valence-corrected chi connectivity index (χ1v) is 7.86. The normalized spacial score (nSPS) is 14.1. The number of hydrogen-bond donors (Lipinski definition) is 1. The summed E-state index contributed by atoms with van der Waals surface area (Å²) in [6.07, 6.45) is 1.64. The van der Waals surface area contributed by atoms with Crippen molar-refractivity contribution >= 4 is 45.7 Å². The molecule has 114 valence electrons. The fourth-order valence-corrected chi connectivity index (χ4v) is 3.04. The topological polar surface area (TPSA) is 65.5 Å². The van der Waals surface area contributed by atoms with Crippen LogP contribution < -0.4 is 15.1 Å². The number of rotatable bonds is 3. The Morgan fingerprint density at radius 1 is 1.50 bits per heavy atom. The molecule has 3 rings (SSSR count). The van der Waals surface area contributed by atoms with Crippen molar-refractivity contribution in [3.63, 3.8) is 0 Å². The number of benzene rings is 1. The predicted molar refractivity (Wildman–Crippen MR) is 87.0 cm³/mol. The molecule has 22 heavy (non-hydrogen) atoms. The molecule has 1 fully saturated rings. The second kappa shape index (κ2) is 5.94. The fraction of sp³-hybridized carbons (Fsp3) is 0.214. The lowest BCUT2D eigenvalue weighted by atomic mass is 10.1. The van der Waals surface area contributed by atoms with Crippen molar-refractivity contribution in [2.24, 2.45) is 0 Å². The minimum atomic E-state index is -0.209. The van der Waals surface area contributed by atoms with E-state index in [-0.39, 0.29) is 11.9 Å². The Balaban J connectivity index is 1.91. The summed E-state index contributed by atoms with van der Waals surface area (Å²) in [6, 6.07) is 4.71. The van der Waals surface area contributed by atoms with E-state index >= 15 is 0 Å². The quantitative estimate of drug-likeness (QED) is 0.937. The maximum absolute atomic E-state index is 12.5. The number of anilines is 2. The molecule has 1 aromatic heterocycles. The van der Waals surface area contributed by atoms with Gasteiger partial charge >= 0.3 is 6.03 Å². The number of nitrogens with zero attached hydrogens (tertiary/aromatic N) is 3. The van der Waals surface area contributed by atoms with E-state index in [9.17, 15) is 9.59 Å². The molecule has 1 N–H and O–H groups in total. The van der Waals surface area contributed by atoms with Crippen LogP contribution in [0.5, 0.6) is 0 Å². The molecule has 1 saturated heterocycles. The van der Waals surface area contributed by atoms with Crippen LogP contribution >= 0.6 is 22.9 Å². The molecular formula is C14H13ClN4O2S. The van der Waals surface area contributed by atoms with Gasteiger partial charge in [0.05, 0.1) is 10.7 Å². The zero-order valence-electron chi connectivity index (χ0n) is 11.7. The van der Waals surface area contributed by atoms with Gasteiger partial charge in [0.2, 0.25) is 0 Å². The number of urea groups is 1. The highest BCUT2D eigenvalue weighted by atomic mass is 35.5. The molecule has 0 saturated carbocycles. The standard InChI is InChI=1S/C14H13ClN4O2S/c1-18(14-17-5-7-22-14)12(20)9-2-3-10(15)11(8-9)19-6-4-16-13(19)21/h2-3,5,7-8H,4,6H2,1H3,(H,16,21). The van der Waals surface area contributed by atoms with Gasteiger partial charge in [-0.05, 0) is 18.2 Å². The van der Waals surface area contributed by atoms with Crippen LogP contribution in [0.25, 0.3) is 0 Å². The third-order valence-corrected chi connectivity index (χ3v) is 4.52. The van der Waals surface area contributed by atoms with Crippen LogP contribution in [0.3, 0.4) is 0 Å². The summed E-state index contributed by atoms with van der Waals surface area (Å²) in [5, 5.41) is 5.57. The Labute approximate surface area is 136 Å². The highest BCUT2D eigenvalue weighted by Crippen LogP contribution is 2.29. The lowest BCUT2D eigenvalue weighted by Crippen LogP contribution is -2.29. The lowest BCUT2D eigenvalue weighted by molar-refractivity contribution is 0.0993. The van der Waals surface area contributed by atoms with E-state index in [0.717, 1.165) is 0 Å². The number of carbonyl (C=O) groups is 2. The molecule has 2 heterocycles. The molecule has 0 unspecified atom stereocenters. The molecule has 1 aromatic carbocycles. The van der Waals surface area contributed by atoms with E-state index in [4.69, 9.17) is 11.6 Å². The first-order chi connectivity index (χ1) is 10.6. The lowest BCUT2D eigenvalue weighted by Gasteiger charge is -2.18. The number of hydrogen-bond acceptors (Lipinski definition) is 4. The van der Waals surface area contributed by atoms with Gasteiger partial charge in [0.15, 0.2) is 5.13 Å². The Hall–Kier alpha value is -2.12. The number of aromatic nitrogens is 1. The minimum absolute atomic E-state index is 0.201. The van der Waals surface area contributed by atoms with E-state index < -0.39 is 0 Å². The van der Waals surface area contributed by atoms with Crippen molar-refractivity contribution in [3.05, 3.63) is 40.4 Å². The van der Waals surface area contributed by atoms with Crippen LogP contribution in [0.1, 0.15) is 10.4 Å². The summed E-state index contributed by atoms with van der Waals surface area (Å²) in [6.45, 7) is 1.09. The molecule has 0 spiro atoms. The SMILES string of the molecule is CN(C(=O)c1ccc(Cl)c(N2CCNC2=O)c1)c1nccs1. The summed E-state index contributed by atoms with van der Waals surface area (Å²) >= 11 is 7.55. The second-order valence-corrected chi connectivity index (χ2v) is 6.01. The first kappa shape index (κ1) is 14.8. The summed E-state index contributed by atoms with van der Waals surface area (Å²) < 4.78 is 0. The molecule has 0 radical (unpaired) electrons. The van der Waals surface area contributed by atoms with Gasteiger partial charge in [0.1, 0.15) is 0 Å². The van der Waals surface area contributed by atoms with Gasteiger partial charge < -0.3 is 5.32 Å². The zero-order chi connectivity index (χ0) is 15.7. The molecule has 1 aliphatic heterocycles. The van der Waals surface area contributed by atoms with Crippen LogP contribution in [0.15, 0.2) is 29.8 Å². The molecular weight excluding hydrogens is 324 g/mol. The van der Waals surface area contributed by atoms with Gasteiger partial charge in [-0.3, -0.25) is 14.6 Å². The van der Waals surface area contributed by atoms with E-state index in [1.165, 1.54) is 21.1 Å². The summed E-state index contributed by atoms with van der Waals surface area (Å²) in [4.78, 5) is 31.4. The average molecular weight is 337 g/mol. The Kier molecular flexibility index (Phi) is 4.00. The van der Waals surface area contributed by atoms with Crippen molar-refractivity contribution in [3.8, 4) is 0 Å². The Morgan fingerprint density at radius 2 is 2.32 bits per heavy atom. The van der Waals surface area contributed by atoms with Crippen molar-refractivity contribution < 1.29 is 9.59 Å². The average Bonchev–Trinajstić information content (AvgIpc) is 3.18. The Morgan fingerprint density at radius 3 is 2.95 bits per heavy atom. The molecule has 8 heteroatoms. The maximum Gasteiger partial charge on any atom is 0.322 e. The Bertz CT molecular complexity index is 720. The van der Waals surface area contributed by atoms with Crippen molar-refractivity contribution in [2.75, 3.05) is 29.9 Å². The van der Waals surface area contributed by atoms with Gasteiger partial charge in [0, 0.05) is 37.3 Å². The van der Waals surface area contributed by atoms with Crippen LogP contribution in [-0.4, -0.2) is 37.1 Å². The summed E-state index contributed by atoms with van der Waals surface area (Å²) in [7, 11) is 1.66. The number of thiazole rings is 1. The van der Waals surface area contributed by atoms with Gasteiger partial charge in [-0.1, -0.05) is 11.6 Å². The summed E-state index contributed by atoms with van der Waals surface area (Å²) in [5.74, 6) is -0.201. The fourth-order valence-electron chi connectivity index (χ4n) is 2.22. The highest BCUT2D eigenvalue weighted by molar-refractivity contribution is 7.13.